The van der Waals surface area contributed by atoms with E-state index in [2.05, 4.69) is 28.2 Å². The first kappa shape index (κ1) is 20.2. The Kier molecular flexibility index (Phi) is 6.58. The number of carboxylic acids is 1. The number of aliphatic carboxylic acids is 1. The third-order valence-corrected chi connectivity index (χ3v) is 6.29. The fraction of sp³-hybridized carbons (Fsp3) is 0.316. The number of aromatic nitrogens is 4. The maximum absolute atomic E-state index is 13.1. The monoisotopic (exact) mass is 416 g/mol. The van der Waals surface area contributed by atoms with Gasteiger partial charge in [0.2, 0.25) is 0 Å². The predicted octanol–water partition coefficient (Wildman–Crippen LogP) is 2.95. The van der Waals surface area contributed by atoms with Crippen LogP contribution in [0.5, 0.6) is 0 Å². The highest BCUT2D eigenvalue weighted by Gasteiger charge is 2.35. The van der Waals surface area contributed by atoms with E-state index < -0.39 is 17.8 Å². The van der Waals surface area contributed by atoms with E-state index in [-0.39, 0.29) is 5.78 Å². The molecule has 146 valence electrons. The highest BCUT2D eigenvalue weighted by Crippen LogP contribution is 2.34. The Morgan fingerprint density at radius 3 is 2.64 bits per heavy atom. The van der Waals surface area contributed by atoms with Crippen LogP contribution in [0.3, 0.4) is 0 Å². The molecule has 1 aromatic carbocycles. The molecule has 2 aromatic heterocycles. The zero-order chi connectivity index (χ0) is 20.1. The summed E-state index contributed by atoms with van der Waals surface area (Å²) in [7, 11) is 0. The summed E-state index contributed by atoms with van der Waals surface area (Å²) in [5.74, 6) is -2.82. The van der Waals surface area contributed by atoms with E-state index >= 15 is 0 Å². The topological polar surface area (TPSA) is 98.0 Å². The molecule has 0 amide bonds. The van der Waals surface area contributed by atoms with Crippen LogP contribution in [0.15, 0.2) is 42.7 Å². The van der Waals surface area contributed by atoms with Gasteiger partial charge in [-0.3, -0.25) is 9.59 Å². The Hall–Kier alpha value is -2.52. The van der Waals surface area contributed by atoms with Crippen LogP contribution in [0.25, 0.3) is 5.00 Å². The van der Waals surface area contributed by atoms with Gasteiger partial charge in [0.05, 0.1) is 0 Å². The number of thiol groups is 1. The normalized spacial score (nSPS) is 13.2. The van der Waals surface area contributed by atoms with Crippen LogP contribution in [-0.2, 0) is 16.0 Å². The van der Waals surface area contributed by atoms with Crippen molar-refractivity contribution in [2.24, 2.45) is 5.92 Å². The van der Waals surface area contributed by atoms with E-state index in [0.717, 1.165) is 11.1 Å². The lowest BCUT2D eigenvalue weighted by atomic mass is 9.87. The second-order valence-electron chi connectivity index (χ2n) is 6.46. The molecule has 0 fully saturated rings. The van der Waals surface area contributed by atoms with Crippen LogP contribution in [0, 0.1) is 12.8 Å². The minimum Gasteiger partial charge on any atom is -0.480 e. The van der Waals surface area contributed by atoms with Crippen molar-refractivity contribution in [3.05, 3.63) is 58.7 Å². The molecule has 0 radical (unpaired) electrons. The molecule has 9 heteroatoms. The lowest BCUT2D eigenvalue weighted by molar-refractivity contribution is -0.143. The number of aryl methyl sites for hydroxylation is 2. The number of carboxylic acid groups (broad SMARTS) is 1. The Labute approximate surface area is 171 Å². The number of benzene rings is 1. The summed E-state index contributed by atoms with van der Waals surface area (Å²) in [5.41, 5.74) is 1.85. The van der Waals surface area contributed by atoms with Gasteiger partial charge in [-0.15, -0.1) is 16.4 Å². The molecule has 0 bridgehead atoms. The minimum atomic E-state index is -1.22. The molecule has 3 aromatic rings. The summed E-state index contributed by atoms with van der Waals surface area (Å²) < 4.78 is 1.45. The average Bonchev–Trinajstić information content (AvgIpc) is 3.33. The molecule has 0 saturated heterocycles. The number of hydrogen-bond acceptors (Lipinski definition) is 7. The van der Waals surface area contributed by atoms with Crippen molar-refractivity contribution in [3.63, 3.8) is 0 Å². The summed E-state index contributed by atoms with van der Waals surface area (Å²) in [6, 6.07) is 11.6. The molecule has 2 atom stereocenters. The number of carbonyl (C=O) groups is 2. The van der Waals surface area contributed by atoms with E-state index in [0.29, 0.717) is 28.5 Å². The van der Waals surface area contributed by atoms with Crippen LogP contribution in [0.2, 0.25) is 0 Å². The van der Waals surface area contributed by atoms with Gasteiger partial charge in [0.25, 0.3) is 0 Å². The summed E-state index contributed by atoms with van der Waals surface area (Å²) in [5, 5.41) is 21.5. The Bertz CT molecular complexity index is 942. The number of thiophene rings is 1. The number of carbonyl (C=O) groups excluding carboxylic acids is 1. The first-order valence-corrected chi connectivity index (χ1v) is 10.2. The molecule has 0 aliphatic rings. The van der Waals surface area contributed by atoms with Gasteiger partial charge in [0, 0.05) is 16.5 Å². The Morgan fingerprint density at radius 1 is 1.29 bits per heavy atom. The smallest absolute Gasteiger partial charge is 0.319 e. The van der Waals surface area contributed by atoms with Crippen molar-refractivity contribution in [1.82, 2.24) is 20.2 Å². The molecule has 0 spiro atoms. The quantitative estimate of drug-likeness (QED) is 0.411. The van der Waals surface area contributed by atoms with Gasteiger partial charge in [0.1, 0.15) is 17.2 Å². The zero-order valence-electron chi connectivity index (χ0n) is 15.2. The highest BCUT2D eigenvalue weighted by molar-refractivity contribution is 7.80. The van der Waals surface area contributed by atoms with Crippen LogP contribution in [0.4, 0.5) is 0 Å². The van der Waals surface area contributed by atoms with Crippen molar-refractivity contribution in [1.29, 1.82) is 0 Å². The average molecular weight is 417 g/mol. The highest BCUT2D eigenvalue weighted by atomic mass is 32.1. The third kappa shape index (κ3) is 4.48. The molecule has 0 aliphatic heterocycles. The molecule has 1 N–H and O–H groups in total. The van der Waals surface area contributed by atoms with Gasteiger partial charge in [-0.25, -0.2) is 0 Å². The van der Waals surface area contributed by atoms with Gasteiger partial charge < -0.3 is 5.11 Å². The van der Waals surface area contributed by atoms with E-state index in [4.69, 9.17) is 0 Å². The summed E-state index contributed by atoms with van der Waals surface area (Å²) >= 11 is 5.53. The van der Waals surface area contributed by atoms with Crippen LogP contribution in [0.1, 0.15) is 28.3 Å². The molecule has 0 saturated carbocycles. The predicted molar refractivity (Wildman–Crippen MR) is 109 cm³/mol. The first-order chi connectivity index (χ1) is 13.5. The van der Waals surface area contributed by atoms with E-state index in [1.807, 2.05) is 30.3 Å². The van der Waals surface area contributed by atoms with Crippen LogP contribution < -0.4 is 0 Å². The molecular weight excluding hydrogens is 396 g/mol. The largest absolute Gasteiger partial charge is 0.480 e. The lowest BCUT2D eigenvalue weighted by Crippen LogP contribution is -2.29. The SMILES string of the molecule is Cc1cc(-n2cnnn2)sc1C(C(=O)O)C(=O)C(CS)CCc1ccccc1. The summed E-state index contributed by atoms with van der Waals surface area (Å²) in [6.45, 7) is 1.79. The van der Waals surface area contributed by atoms with E-state index in [1.54, 1.807) is 13.0 Å². The van der Waals surface area contributed by atoms with Gasteiger partial charge in [-0.2, -0.15) is 17.3 Å². The van der Waals surface area contributed by atoms with E-state index in [9.17, 15) is 14.7 Å². The van der Waals surface area contributed by atoms with Crippen LogP contribution >= 0.6 is 24.0 Å². The second-order valence-corrected chi connectivity index (χ2v) is 7.89. The molecule has 2 unspecified atom stereocenters. The van der Waals surface area contributed by atoms with Crippen molar-refractivity contribution < 1.29 is 14.7 Å². The number of Topliss-reactive ketones (excluding diaryl/α,β-unsaturated/α-hetero) is 1. The summed E-state index contributed by atoms with van der Waals surface area (Å²) in [4.78, 5) is 25.6. The second kappa shape index (κ2) is 9.11. The standard InChI is InChI=1S/C19H20N4O3S2/c1-12-9-15(23-11-20-21-22-23)28-18(12)16(19(25)26)17(24)14(10-27)8-7-13-5-3-2-4-6-13/h2-6,9,11,14,16,27H,7-8,10H2,1H3,(H,25,26). The van der Waals surface area contributed by atoms with Crippen LogP contribution in [-0.4, -0.2) is 42.8 Å². The molecule has 28 heavy (non-hydrogen) atoms. The number of hydrogen-bond donors (Lipinski definition) is 2. The minimum absolute atomic E-state index is 0.305. The van der Waals surface area contributed by atoms with Crippen molar-refractivity contribution in [2.75, 3.05) is 5.75 Å². The third-order valence-electron chi connectivity index (χ3n) is 4.56. The van der Waals surface area contributed by atoms with Gasteiger partial charge in [-0.1, -0.05) is 30.3 Å². The number of tetrazole rings is 1. The number of rotatable bonds is 9. The summed E-state index contributed by atoms with van der Waals surface area (Å²) in [6.07, 6.45) is 2.69. The molecule has 7 nitrogen and oxygen atoms in total. The zero-order valence-corrected chi connectivity index (χ0v) is 16.9. The molecule has 3 rings (SSSR count). The Morgan fingerprint density at radius 2 is 2.04 bits per heavy atom. The fourth-order valence-corrected chi connectivity index (χ4v) is 4.60. The van der Waals surface area contributed by atoms with Crippen molar-refractivity contribution in [3.8, 4) is 5.00 Å². The molecule has 2 heterocycles. The van der Waals surface area contributed by atoms with E-state index in [1.165, 1.54) is 22.3 Å². The maximum atomic E-state index is 13.1. The Balaban J connectivity index is 1.82. The number of nitrogens with zero attached hydrogens (tertiary/aromatic N) is 4. The first-order valence-electron chi connectivity index (χ1n) is 8.76. The lowest BCUT2D eigenvalue weighted by Gasteiger charge is -2.18. The van der Waals surface area contributed by atoms with Gasteiger partial charge in [-0.05, 0) is 47.4 Å². The molecular formula is C19H20N4O3S2. The van der Waals surface area contributed by atoms with Gasteiger partial charge in [0.15, 0.2) is 5.78 Å². The fourth-order valence-electron chi connectivity index (χ4n) is 3.05. The van der Waals surface area contributed by atoms with Crippen molar-refractivity contribution >= 4 is 35.7 Å². The molecule has 0 aliphatic carbocycles. The number of ketones is 1. The van der Waals surface area contributed by atoms with Crippen molar-refractivity contribution in [2.45, 2.75) is 25.7 Å². The van der Waals surface area contributed by atoms with Gasteiger partial charge >= 0.3 is 5.97 Å². The maximum Gasteiger partial charge on any atom is 0.319 e.